The number of alkyl halides is 3. The van der Waals surface area contributed by atoms with Crippen LogP contribution in [0, 0.1) is 11.8 Å². The van der Waals surface area contributed by atoms with Crippen molar-refractivity contribution in [3.05, 3.63) is 65.1 Å². The summed E-state index contributed by atoms with van der Waals surface area (Å²) in [7, 11) is 0. The van der Waals surface area contributed by atoms with Gasteiger partial charge in [0.15, 0.2) is 5.65 Å². The summed E-state index contributed by atoms with van der Waals surface area (Å²) in [4.78, 5) is 26.3. The summed E-state index contributed by atoms with van der Waals surface area (Å²) >= 11 is 0. The Bertz CT molecular complexity index is 1210. The van der Waals surface area contributed by atoms with Crippen molar-refractivity contribution in [2.24, 2.45) is 17.6 Å². The molecule has 7 nitrogen and oxygen atoms in total. The van der Waals surface area contributed by atoms with Gasteiger partial charge in [-0.15, -0.1) is 10.2 Å². The second-order valence-corrected chi connectivity index (χ2v) is 8.52. The number of hydrogen-bond donors (Lipinski definition) is 1. The molecule has 5 rings (SSSR count). The van der Waals surface area contributed by atoms with Gasteiger partial charge in [0.05, 0.1) is 11.1 Å². The molecule has 3 atom stereocenters. The highest BCUT2D eigenvalue weighted by atomic mass is 19.4. The Morgan fingerprint density at radius 3 is 2.34 bits per heavy atom. The highest BCUT2D eigenvalue weighted by Gasteiger charge is 2.45. The average Bonchev–Trinajstić information content (AvgIpc) is 3.45. The number of likely N-dealkylation sites (tertiary alicyclic amines) is 1. The fourth-order valence-electron chi connectivity index (χ4n) is 5.15. The second-order valence-electron chi connectivity index (χ2n) is 8.52. The van der Waals surface area contributed by atoms with Crippen LogP contribution < -0.4 is 5.73 Å². The molecule has 2 N–H and O–H groups in total. The minimum atomic E-state index is -4.38. The van der Waals surface area contributed by atoms with Crippen molar-refractivity contribution in [1.29, 1.82) is 0 Å². The fraction of sp³-hybridized carbons (Fsp3) is 0.364. The van der Waals surface area contributed by atoms with E-state index in [0.29, 0.717) is 37.1 Å². The Labute approximate surface area is 181 Å². The van der Waals surface area contributed by atoms with Crippen molar-refractivity contribution in [2.75, 3.05) is 13.1 Å². The van der Waals surface area contributed by atoms with Crippen molar-refractivity contribution in [1.82, 2.24) is 19.5 Å². The maximum Gasteiger partial charge on any atom is 0.416 e. The fourth-order valence-corrected chi connectivity index (χ4v) is 5.15. The van der Waals surface area contributed by atoms with Gasteiger partial charge in [-0.05, 0) is 54.4 Å². The molecule has 32 heavy (non-hydrogen) atoms. The number of pyridine rings is 1. The summed E-state index contributed by atoms with van der Waals surface area (Å²) in [5, 5.41) is 7.95. The lowest BCUT2D eigenvalue weighted by atomic mass is 9.91. The minimum absolute atomic E-state index is 0.0852. The number of nitrogens with two attached hydrogens (primary N) is 1. The Kier molecular flexibility index (Phi) is 4.68. The Morgan fingerprint density at radius 2 is 1.69 bits per heavy atom. The molecule has 1 saturated heterocycles. The quantitative estimate of drug-likeness (QED) is 0.673. The molecule has 2 aliphatic rings. The molecular formula is C22H20F3N5O2. The van der Waals surface area contributed by atoms with E-state index >= 15 is 0 Å². The molecule has 1 aliphatic carbocycles. The first-order valence-electron chi connectivity index (χ1n) is 10.3. The largest absolute Gasteiger partial charge is 0.416 e. The summed E-state index contributed by atoms with van der Waals surface area (Å²) in [5.41, 5.74) is 5.74. The molecule has 166 valence electrons. The molecule has 2 fully saturated rings. The number of amides is 2. The second kappa shape index (κ2) is 7.32. The highest BCUT2D eigenvalue weighted by molar-refractivity contribution is 5.94. The van der Waals surface area contributed by atoms with E-state index in [1.54, 1.807) is 23.1 Å². The number of rotatable bonds is 3. The van der Waals surface area contributed by atoms with E-state index in [1.807, 2.05) is 0 Å². The number of halogens is 3. The zero-order chi connectivity index (χ0) is 22.6. The lowest BCUT2D eigenvalue weighted by molar-refractivity contribution is -0.138. The zero-order valence-electron chi connectivity index (χ0n) is 16.9. The number of carbonyl (C=O) groups is 2. The summed E-state index contributed by atoms with van der Waals surface area (Å²) < 4.78 is 41.7. The van der Waals surface area contributed by atoms with E-state index < -0.39 is 17.6 Å². The maximum atomic E-state index is 13.4. The third-order valence-corrected chi connectivity index (χ3v) is 6.62. The Balaban J connectivity index is 1.34. The monoisotopic (exact) mass is 443 g/mol. The third kappa shape index (κ3) is 3.39. The van der Waals surface area contributed by atoms with Gasteiger partial charge in [-0.3, -0.25) is 14.0 Å². The van der Waals surface area contributed by atoms with Gasteiger partial charge in [-0.25, -0.2) is 0 Å². The first-order chi connectivity index (χ1) is 15.2. The third-order valence-electron chi connectivity index (χ3n) is 6.62. The van der Waals surface area contributed by atoms with Crippen LogP contribution in [0.1, 0.15) is 50.9 Å². The predicted octanol–water partition coefficient (Wildman–Crippen LogP) is 3.11. The number of hydrogen-bond acceptors (Lipinski definition) is 4. The molecule has 0 bridgehead atoms. The van der Waals surface area contributed by atoms with Gasteiger partial charge in [0.25, 0.3) is 5.91 Å². The molecule has 1 aliphatic heterocycles. The number of fused-ring (bicyclic) bond motifs is 2. The lowest BCUT2D eigenvalue weighted by Gasteiger charge is -2.21. The molecular weight excluding hydrogens is 423 g/mol. The molecule has 1 aromatic carbocycles. The van der Waals surface area contributed by atoms with E-state index in [2.05, 4.69) is 10.2 Å². The van der Waals surface area contributed by atoms with Crippen molar-refractivity contribution in [3.63, 3.8) is 0 Å². The van der Waals surface area contributed by atoms with Gasteiger partial charge in [0.1, 0.15) is 0 Å². The smallest absolute Gasteiger partial charge is 0.366 e. The van der Waals surface area contributed by atoms with Gasteiger partial charge in [0.2, 0.25) is 11.7 Å². The van der Waals surface area contributed by atoms with E-state index in [9.17, 15) is 22.8 Å². The maximum absolute atomic E-state index is 13.4. The summed E-state index contributed by atoms with van der Waals surface area (Å²) in [6.07, 6.45) is -1.73. The van der Waals surface area contributed by atoms with Crippen LogP contribution >= 0.6 is 0 Å². The summed E-state index contributed by atoms with van der Waals surface area (Å²) in [5.74, 6) is -0.772. The van der Waals surface area contributed by atoms with Crippen LogP contribution in [0.25, 0.3) is 5.65 Å². The van der Waals surface area contributed by atoms with E-state index in [0.717, 1.165) is 6.07 Å². The van der Waals surface area contributed by atoms with Gasteiger partial charge < -0.3 is 10.6 Å². The van der Waals surface area contributed by atoms with Gasteiger partial charge >= 0.3 is 6.18 Å². The Morgan fingerprint density at radius 1 is 1.00 bits per heavy atom. The molecule has 10 heteroatoms. The van der Waals surface area contributed by atoms with Crippen molar-refractivity contribution in [3.8, 4) is 0 Å². The summed E-state index contributed by atoms with van der Waals surface area (Å²) in [6.45, 7) is 0.914. The molecule has 3 heterocycles. The number of aromatic nitrogens is 3. The Hall–Kier alpha value is -3.43. The van der Waals surface area contributed by atoms with Crippen LogP contribution in [0.5, 0.6) is 0 Å². The number of nitrogens with zero attached hydrogens (tertiary/aromatic N) is 4. The van der Waals surface area contributed by atoms with E-state index in [1.165, 1.54) is 22.7 Å². The van der Waals surface area contributed by atoms with Crippen LogP contribution in [0.4, 0.5) is 13.2 Å². The first-order valence-corrected chi connectivity index (χ1v) is 10.3. The van der Waals surface area contributed by atoms with Crippen LogP contribution in [0.15, 0.2) is 42.6 Å². The molecule has 0 radical (unpaired) electrons. The van der Waals surface area contributed by atoms with Gasteiger partial charge in [-0.2, -0.15) is 13.2 Å². The molecule has 0 spiro atoms. The van der Waals surface area contributed by atoms with Crippen molar-refractivity contribution >= 4 is 17.5 Å². The molecule has 2 aromatic heterocycles. The minimum Gasteiger partial charge on any atom is -0.366 e. The molecule has 3 aromatic rings. The zero-order valence-corrected chi connectivity index (χ0v) is 16.9. The molecule has 1 unspecified atom stereocenters. The molecule has 1 saturated carbocycles. The topological polar surface area (TPSA) is 93.6 Å². The predicted molar refractivity (Wildman–Crippen MR) is 108 cm³/mol. The van der Waals surface area contributed by atoms with Crippen molar-refractivity contribution in [2.45, 2.75) is 24.9 Å². The normalized spacial score (nSPS) is 23.0. The summed E-state index contributed by atoms with van der Waals surface area (Å²) in [6, 6.07) is 8.83. The van der Waals surface area contributed by atoms with Gasteiger partial charge in [-0.1, -0.05) is 18.2 Å². The van der Waals surface area contributed by atoms with Crippen LogP contribution in [0.3, 0.4) is 0 Å². The average molecular weight is 443 g/mol. The number of carbonyl (C=O) groups excluding carboxylic acids is 2. The van der Waals surface area contributed by atoms with Crippen LogP contribution in [0.2, 0.25) is 0 Å². The van der Waals surface area contributed by atoms with E-state index in [-0.39, 0.29) is 35.0 Å². The first kappa shape index (κ1) is 20.5. The van der Waals surface area contributed by atoms with Gasteiger partial charge in [0, 0.05) is 19.3 Å². The molecule has 2 amide bonds. The van der Waals surface area contributed by atoms with Crippen LogP contribution in [-0.2, 0) is 6.18 Å². The SMILES string of the molecule is NC(=O)c1ccc2nnc(C(=O)N3C[C@H]4CC(c5ccccc5C(F)(F)F)C[C@H]4C3)n2c1. The van der Waals surface area contributed by atoms with Crippen molar-refractivity contribution < 1.29 is 22.8 Å². The standard InChI is InChI=1S/C22H20F3N5O2/c23-22(24,25)17-4-2-1-3-16(17)13-7-14-9-29(10-15(14)8-13)21(32)20-28-27-18-6-5-12(19(26)31)11-30(18)20/h1-6,11,13-15H,7-10H2,(H2,26,31)/t13?,14-,15+. The van der Waals surface area contributed by atoms with E-state index in [4.69, 9.17) is 5.73 Å². The lowest BCUT2D eigenvalue weighted by Crippen LogP contribution is -2.31. The number of benzene rings is 1. The number of primary amides is 1. The van der Waals surface area contributed by atoms with Crippen LogP contribution in [-0.4, -0.2) is 44.4 Å². The highest BCUT2D eigenvalue weighted by Crippen LogP contribution is 2.49.